The van der Waals surface area contributed by atoms with Crippen LogP contribution in [-0.2, 0) is 26.2 Å². The van der Waals surface area contributed by atoms with Gasteiger partial charge in [-0.25, -0.2) is 17.2 Å². The Morgan fingerprint density at radius 2 is 1.70 bits per heavy atom. The third-order valence-electron chi connectivity index (χ3n) is 5.68. The lowest BCUT2D eigenvalue weighted by Gasteiger charge is -2.31. The standard InChI is InChI=1S/C26H34ClF2N3O4S/c1-5-24(26(34)30-16-18(2)3)31(17-19-8-10-20(27)11-9-19)25(33)7-6-14-32(37(4,35)36)21-12-13-22(28)23(29)15-21/h8-13,15,18,24H,5-7,14,16-17H2,1-4H3,(H,30,34). The van der Waals surface area contributed by atoms with Gasteiger partial charge in [-0.1, -0.05) is 44.5 Å². The molecule has 2 aromatic carbocycles. The number of hydrogen-bond donors (Lipinski definition) is 1. The molecule has 1 atom stereocenters. The molecule has 2 rings (SSSR count). The quantitative estimate of drug-likeness (QED) is 0.385. The van der Waals surface area contributed by atoms with E-state index in [1.54, 1.807) is 24.3 Å². The summed E-state index contributed by atoms with van der Waals surface area (Å²) < 4.78 is 52.7. The van der Waals surface area contributed by atoms with Crippen molar-refractivity contribution in [3.8, 4) is 0 Å². The monoisotopic (exact) mass is 557 g/mol. The van der Waals surface area contributed by atoms with Gasteiger partial charge in [0.2, 0.25) is 21.8 Å². The summed E-state index contributed by atoms with van der Waals surface area (Å²) in [6.07, 6.45) is 1.38. The van der Waals surface area contributed by atoms with Crippen molar-refractivity contribution < 1.29 is 26.8 Å². The lowest BCUT2D eigenvalue weighted by molar-refractivity contribution is -0.141. The topological polar surface area (TPSA) is 86.8 Å². The number of anilines is 1. The molecule has 0 spiro atoms. The van der Waals surface area contributed by atoms with Gasteiger partial charge in [0.1, 0.15) is 6.04 Å². The number of carbonyl (C=O) groups excluding carboxylic acids is 2. The number of rotatable bonds is 13. The molecule has 0 bridgehead atoms. The Balaban J connectivity index is 2.22. The highest BCUT2D eigenvalue weighted by molar-refractivity contribution is 7.92. The van der Waals surface area contributed by atoms with Crippen molar-refractivity contribution in [1.29, 1.82) is 0 Å². The smallest absolute Gasteiger partial charge is 0.242 e. The van der Waals surface area contributed by atoms with Crippen LogP contribution in [-0.4, -0.2) is 50.5 Å². The van der Waals surface area contributed by atoms with E-state index in [2.05, 4.69) is 5.32 Å². The Hall–Kier alpha value is -2.72. The molecule has 0 aliphatic heterocycles. The molecule has 11 heteroatoms. The predicted octanol–water partition coefficient (Wildman–Crippen LogP) is 4.74. The number of carbonyl (C=O) groups is 2. The largest absolute Gasteiger partial charge is 0.354 e. The van der Waals surface area contributed by atoms with Gasteiger partial charge in [-0.05, 0) is 48.6 Å². The van der Waals surface area contributed by atoms with Gasteiger partial charge in [-0.2, -0.15) is 0 Å². The second-order valence-corrected chi connectivity index (χ2v) is 11.6. The highest BCUT2D eigenvalue weighted by atomic mass is 35.5. The molecule has 204 valence electrons. The maximum absolute atomic E-state index is 13.7. The van der Waals surface area contributed by atoms with Gasteiger partial charge < -0.3 is 10.2 Å². The molecule has 0 saturated carbocycles. The number of sulfonamides is 1. The van der Waals surface area contributed by atoms with Crippen molar-refractivity contribution in [3.05, 3.63) is 64.7 Å². The molecule has 2 aromatic rings. The zero-order chi connectivity index (χ0) is 27.8. The molecule has 0 aliphatic rings. The number of benzene rings is 2. The fraction of sp³-hybridized carbons (Fsp3) is 0.462. The molecule has 0 aliphatic carbocycles. The Kier molecular flexibility index (Phi) is 11.3. The fourth-order valence-corrected chi connectivity index (χ4v) is 4.86. The van der Waals surface area contributed by atoms with E-state index in [4.69, 9.17) is 11.6 Å². The van der Waals surface area contributed by atoms with E-state index in [-0.39, 0.29) is 49.4 Å². The Morgan fingerprint density at radius 3 is 2.24 bits per heavy atom. The van der Waals surface area contributed by atoms with Gasteiger partial charge in [0.15, 0.2) is 11.6 Å². The van der Waals surface area contributed by atoms with Gasteiger partial charge in [-0.15, -0.1) is 0 Å². The molecule has 0 aromatic heterocycles. The van der Waals surface area contributed by atoms with Crippen LogP contribution in [0.5, 0.6) is 0 Å². The van der Waals surface area contributed by atoms with Crippen LogP contribution in [0.4, 0.5) is 14.5 Å². The maximum Gasteiger partial charge on any atom is 0.242 e. The summed E-state index contributed by atoms with van der Waals surface area (Å²) in [5.41, 5.74) is 0.749. The van der Waals surface area contributed by atoms with Crippen LogP contribution in [0.1, 0.15) is 45.6 Å². The van der Waals surface area contributed by atoms with E-state index in [1.165, 1.54) is 11.0 Å². The summed E-state index contributed by atoms with van der Waals surface area (Å²) in [5.74, 6) is -2.63. The van der Waals surface area contributed by atoms with E-state index in [1.807, 2.05) is 20.8 Å². The zero-order valence-electron chi connectivity index (χ0n) is 21.5. The van der Waals surface area contributed by atoms with Gasteiger partial charge >= 0.3 is 0 Å². The summed E-state index contributed by atoms with van der Waals surface area (Å²) in [6, 6.07) is 9.04. The average molecular weight is 558 g/mol. The lowest BCUT2D eigenvalue weighted by Crippen LogP contribution is -2.49. The fourth-order valence-electron chi connectivity index (χ4n) is 3.77. The molecular weight excluding hydrogens is 524 g/mol. The van der Waals surface area contributed by atoms with Crippen molar-refractivity contribution in [1.82, 2.24) is 10.2 Å². The van der Waals surface area contributed by atoms with Crippen LogP contribution in [0, 0.1) is 17.6 Å². The van der Waals surface area contributed by atoms with E-state index < -0.39 is 27.7 Å². The van der Waals surface area contributed by atoms with Crippen LogP contribution in [0.15, 0.2) is 42.5 Å². The van der Waals surface area contributed by atoms with Gasteiger partial charge in [0.05, 0.1) is 11.9 Å². The molecule has 0 heterocycles. The summed E-state index contributed by atoms with van der Waals surface area (Å²) >= 11 is 5.98. The van der Waals surface area contributed by atoms with Gasteiger partial charge in [-0.3, -0.25) is 13.9 Å². The van der Waals surface area contributed by atoms with E-state index >= 15 is 0 Å². The number of amides is 2. The summed E-state index contributed by atoms with van der Waals surface area (Å²) in [5, 5.41) is 3.42. The molecule has 0 fully saturated rings. The summed E-state index contributed by atoms with van der Waals surface area (Å²) in [7, 11) is -3.83. The van der Waals surface area contributed by atoms with Gasteiger partial charge in [0, 0.05) is 37.1 Å². The second kappa shape index (κ2) is 13.7. The highest BCUT2D eigenvalue weighted by Gasteiger charge is 2.29. The molecule has 0 radical (unpaired) electrons. The molecule has 1 N–H and O–H groups in total. The maximum atomic E-state index is 13.7. The minimum Gasteiger partial charge on any atom is -0.354 e. The predicted molar refractivity (Wildman–Crippen MR) is 142 cm³/mol. The zero-order valence-corrected chi connectivity index (χ0v) is 23.1. The molecular formula is C26H34ClF2N3O4S. The van der Waals surface area contributed by atoms with E-state index in [0.29, 0.717) is 18.0 Å². The number of halogens is 3. The summed E-state index contributed by atoms with van der Waals surface area (Å²) in [4.78, 5) is 27.8. The van der Waals surface area contributed by atoms with Crippen LogP contribution in [0.2, 0.25) is 5.02 Å². The van der Waals surface area contributed by atoms with Gasteiger partial charge in [0.25, 0.3) is 0 Å². The van der Waals surface area contributed by atoms with Crippen LogP contribution >= 0.6 is 11.6 Å². The first-order chi connectivity index (χ1) is 17.3. The summed E-state index contributed by atoms with van der Waals surface area (Å²) in [6.45, 7) is 6.27. The SMILES string of the molecule is CCC(C(=O)NCC(C)C)N(Cc1ccc(Cl)cc1)C(=O)CCCN(c1ccc(F)c(F)c1)S(C)(=O)=O. The molecule has 0 saturated heterocycles. The molecule has 37 heavy (non-hydrogen) atoms. The lowest BCUT2D eigenvalue weighted by atomic mass is 10.1. The Bertz CT molecular complexity index is 1180. The second-order valence-electron chi connectivity index (χ2n) is 9.25. The van der Waals surface area contributed by atoms with Crippen LogP contribution in [0.3, 0.4) is 0 Å². The van der Waals surface area contributed by atoms with Crippen molar-refractivity contribution in [2.24, 2.45) is 5.92 Å². The first-order valence-corrected chi connectivity index (χ1v) is 14.3. The normalized spacial score (nSPS) is 12.3. The first-order valence-electron chi connectivity index (χ1n) is 12.1. The minimum absolute atomic E-state index is 0.0358. The van der Waals surface area contributed by atoms with Crippen molar-refractivity contribution in [2.45, 2.75) is 52.6 Å². The minimum atomic E-state index is -3.83. The Labute approximate surface area is 222 Å². The average Bonchev–Trinajstić information content (AvgIpc) is 2.82. The third kappa shape index (κ3) is 9.27. The van der Waals surface area contributed by atoms with E-state index in [9.17, 15) is 26.8 Å². The number of nitrogens with zero attached hydrogens (tertiary/aromatic N) is 2. The van der Waals surface area contributed by atoms with Crippen LogP contribution in [0.25, 0.3) is 0 Å². The Morgan fingerprint density at radius 1 is 1.05 bits per heavy atom. The highest BCUT2D eigenvalue weighted by Crippen LogP contribution is 2.22. The van der Waals surface area contributed by atoms with Crippen molar-refractivity contribution in [3.63, 3.8) is 0 Å². The molecule has 2 amide bonds. The van der Waals surface area contributed by atoms with Crippen molar-refractivity contribution >= 4 is 39.1 Å². The number of nitrogens with one attached hydrogen (secondary N) is 1. The molecule has 7 nitrogen and oxygen atoms in total. The van der Waals surface area contributed by atoms with Crippen LogP contribution < -0.4 is 9.62 Å². The number of hydrogen-bond acceptors (Lipinski definition) is 4. The third-order valence-corrected chi connectivity index (χ3v) is 7.13. The van der Waals surface area contributed by atoms with E-state index in [0.717, 1.165) is 28.3 Å². The van der Waals surface area contributed by atoms with Crippen molar-refractivity contribution in [2.75, 3.05) is 23.7 Å². The first kappa shape index (κ1) is 30.5. The molecule has 1 unspecified atom stereocenters.